The predicted octanol–water partition coefficient (Wildman–Crippen LogP) is 2.16. The van der Waals surface area contributed by atoms with Crippen LogP contribution in [0.25, 0.3) is 0 Å². The lowest BCUT2D eigenvalue weighted by Gasteiger charge is -2.32. The van der Waals surface area contributed by atoms with Gasteiger partial charge in [0.15, 0.2) is 0 Å². The summed E-state index contributed by atoms with van der Waals surface area (Å²) in [6.45, 7) is 9.39. The summed E-state index contributed by atoms with van der Waals surface area (Å²) in [7, 11) is 1.95. The average Bonchev–Trinajstić information content (AvgIpc) is 2.78. The molecule has 6 heteroatoms. The maximum Gasteiger partial charge on any atom is 0.299 e. The Morgan fingerprint density at radius 2 is 2.19 bits per heavy atom. The Balaban J connectivity index is 2.17. The molecule has 1 unspecified atom stereocenters. The Bertz CT molecular complexity index is 609. The largest absolute Gasteiger partial charge is 0.322 e. The summed E-state index contributed by atoms with van der Waals surface area (Å²) in [6, 6.07) is 2.06. The molecule has 1 aliphatic rings. The van der Waals surface area contributed by atoms with Gasteiger partial charge in [0.25, 0.3) is 5.91 Å². The molecule has 0 radical (unpaired) electrons. The van der Waals surface area contributed by atoms with E-state index in [0.29, 0.717) is 6.54 Å². The molecule has 2 rings (SSSR count). The Morgan fingerprint density at radius 1 is 1.52 bits per heavy atom. The number of carbonyl (C=O) groups excluding carboxylic acids is 1. The molecule has 0 aromatic carbocycles. The fourth-order valence-corrected chi connectivity index (χ4v) is 2.39. The Hall–Kier alpha value is -1.07. The van der Waals surface area contributed by atoms with Crippen molar-refractivity contribution in [2.75, 3.05) is 13.6 Å². The first-order valence-corrected chi connectivity index (χ1v) is 7.96. The number of carbonyl (C=O) groups is 1. The number of rotatable bonds is 1. The zero-order chi connectivity index (χ0) is 15.8. The smallest absolute Gasteiger partial charge is 0.299 e. The van der Waals surface area contributed by atoms with Crippen LogP contribution in [0.3, 0.4) is 0 Å². The van der Waals surface area contributed by atoms with Crippen LogP contribution in [-0.2, 0) is 11.3 Å². The predicted molar refractivity (Wildman–Crippen MR) is 90.7 cm³/mol. The van der Waals surface area contributed by atoms with E-state index in [2.05, 4.69) is 39.8 Å². The number of aryl methyl sites for hydroxylation is 1. The van der Waals surface area contributed by atoms with Gasteiger partial charge in [-0.2, -0.15) is 5.10 Å². The standard InChI is InChI=1S/C15H21IN4O/c1-11-10-13-12(2)19(8-9-20(13)17-11)14(21)6-7-15(3,4)18(5)16/h10,12H,8-9H2,1-5H3. The van der Waals surface area contributed by atoms with Crippen LogP contribution in [0.15, 0.2) is 6.07 Å². The first-order valence-electron chi connectivity index (χ1n) is 7.00. The van der Waals surface area contributed by atoms with Crippen molar-refractivity contribution in [3.05, 3.63) is 17.5 Å². The molecule has 1 aromatic heterocycles. The fourth-order valence-electron chi connectivity index (χ4n) is 2.27. The molecule has 1 atom stereocenters. The minimum Gasteiger partial charge on any atom is -0.322 e. The summed E-state index contributed by atoms with van der Waals surface area (Å²) < 4.78 is 3.96. The van der Waals surface area contributed by atoms with Crippen molar-refractivity contribution in [3.8, 4) is 11.8 Å². The van der Waals surface area contributed by atoms with Crippen molar-refractivity contribution >= 4 is 28.8 Å². The monoisotopic (exact) mass is 400 g/mol. The second-order valence-electron chi connectivity index (χ2n) is 5.89. The molecule has 5 nitrogen and oxygen atoms in total. The molecule has 0 bridgehead atoms. The zero-order valence-electron chi connectivity index (χ0n) is 13.1. The van der Waals surface area contributed by atoms with Crippen LogP contribution in [0.2, 0.25) is 0 Å². The highest BCUT2D eigenvalue weighted by Gasteiger charge is 2.28. The van der Waals surface area contributed by atoms with Crippen LogP contribution in [0, 0.1) is 18.8 Å². The zero-order valence-corrected chi connectivity index (χ0v) is 15.3. The summed E-state index contributed by atoms with van der Waals surface area (Å²) in [5, 5.41) is 4.44. The summed E-state index contributed by atoms with van der Waals surface area (Å²) in [4.78, 5) is 14.2. The molecule has 1 aromatic rings. The maximum absolute atomic E-state index is 12.4. The van der Waals surface area contributed by atoms with Gasteiger partial charge in [-0.3, -0.25) is 9.48 Å². The van der Waals surface area contributed by atoms with Crippen LogP contribution >= 0.6 is 22.9 Å². The van der Waals surface area contributed by atoms with Gasteiger partial charge in [-0.05, 0) is 46.7 Å². The summed E-state index contributed by atoms with van der Waals surface area (Å²) in [5.41, 5.74) is 1.75. The van der Waals surface area contributed by atoms with Crippen LogP contribution in [-0.4, -0.2) is 42.8 Å². The van der Waals surface area contributed by atoms with E-state index in [1.54, 1.807) is 0 Å². The third-order valence-electron chi connectivity index (χ3n) is 3.89. The van der Waals surface area contributed by atoms with E-state index in [1.807, 2.05) is 53.5 Å². The molecular formula is C15H21IN4O. The molecule has 0 N–H and O–H groups in total. The molecule has 21 heavy (non-hydrogen) atoms. The van der Waals surface area contributed by atoms with Gasteiger partial charge in [-0.15, -0.1) is 0 Å². The third-order valence-corrected chi connectivity index (χ3v) is 5.09. The normalized spacial score (nSPS) is 18.2. The number of hydrogen-bond acceptors (Lipinski definition) is 3. The third kappa shape index (κ3) is 3.40. The lowest BCUT2D eigenvalue weighted by atomic mass is 10.1. The molecule has 0 fully saturated rings. The number of hydrogen-bond donors (Lipinski definition) is 0. The number of aromatic nitrogens is 2. The van der Waals surface area contributed by atoms with E-state index in [1.165, 1.54) is 0 Å². The van der Waals surface area contributed by atoms with E-state index in [9.17, 15) is 4.79 Å². The first-order chi connectivity index (χ1) is 9.72. The van der Waals surface area contributed by atoms with Crippen molar-refractivity contribution in [1.82, 2.24) is 17.8 Å². The minimum atomic E-state index is -0.326. The highest BCUT2D eigenvalue weighted by atomic mass is 127. The Labute approximate surface area is 140 Å². The fraction of sp³-hybridized carbons (Fsp3) is 0.600. The van der Waals surface area contributed by atoms with Crippen molar-refractivity contribution in [3.63, 3.8) is 0 Å². The SMILES string of the molecule is Cc1cc2n(n1)CCN(C(=O)C#CC(C)(C)N(C)I)C2C. The average molecular weight is 400 g/mol. The van der Waals surface area contributed by atoms with Gasteiger partial charge >= 0.3 is 0 Å². The number of fused-ring (bicyclic) bond motifs is 1. The van der Waals surface area contributed by atoms with Gasteiger partial charge < -0.3 is 4.90 Å². The lowest BCUT2D eigenvalue weighted by molar-refractivity contribution is -0.128. The molecule has 1 amide bonds. The second-order valence-corrected chi connectivity index (χ2v) is 7.34. The van der Waals surface area contributed by atoms with Crippen molar-refractivity contribution in [2.24, 2.45) is 0 Å². The number of halogens is 1. The van der Waals surface area contributed by atoms with Crippen molar-refractivity contribution in [2.45, 2.75) is 45.8 Å². The Morgan fingerprint density at radius 3 is 2.81 bits per heavy atom. The minimum absolute atomic E-state index is 0.0159. The molecule has 0 saturated carbocycles. The van der Waals surface area contributed by atoms with Gasteiger partial charge in [0.05, 0.1) is 29.5 Å². The summed E-state index contributed by atoms with van der Waals surface area (Å²) in [5.74, 6) is 5.75. The van der Waals surface area contributed by atoms with Gasteiger partial charge in [0, 0.05) is 29.4 Å². The summed E-state index contributed by atoms with van der Waals surface area (Å²) in [6.07, 6.45) is 0. The van der Waals surface area contributed by atoms with Gasteiger partial charge in [-0.1, -0.05) is 5.92 Å². The lowest BCUT2D eigenvalue weighted by Crippen LogP contribution is -2.41. The van der Waals surface area contributed by atoms with Crippen LogP contribution in [0.4, 0.5) is 0 Å². The number of nitrogens with zero attached hydrogens (tertiary/aromatic N) is 4. The summed E-state index contributed by atoms with van der Waals surface area (Å²) >= 11 is 2.19. The van der Waals surface area contributed by atoms with E-state index in [0.717, 1.165) is 17.9 Å². The highest BCUT2D eigenvalue weighted by molar-refractivity contribution is 14.1. The van der Waals surface area contributed by atoms with Crippen LogP contribution in [0.5, 0.6) is 0 Å². The Kier molecular flexibility index (Phi) is 4.63. The molecule has 114 valence electrons. The van der Waals surface area contributed by atoms with E-state index >= 15 is 0 Å². The quantitative estimate of drug-likeness (QED) is 0.412. The molecular weight excluding hydrogens is 379 g/mol. The highest BCUT2D eigenvalue weighted by Crippen LogP contribution is 2.25. The molecule has 0 saturated heterocycles. The maximum atomic E-state index is 12.4. The first kappa shape index (κ1) is 16.3. The van der Waals surface area contributed by atoms with E-state index in [-0.39, 0.29) is 17.5 Å². The van der Waals surface area contributed by atoms with E-state index < -0.39 is 0 Å². The molecule has 1 aliphatic heterocycles. The molecule has 2 heterocycles. The van der Waals surface area contributed by atoms with E-state index in [4.69, 9.17) is 0 Å². The van der Waals surface area contributed by atoms with Gasteiger partial charge in [0.1, 0.15) is 0 Å². The van der Waals surface area contributed by atoms with Gasteiger partial charge in [0.2, 0.25) is 0 Å². The van der Waals surface area contributed by atoms with Crippen molar-refractivity contribution in [1.29, 1.82) is 0 Å². The van der Waals surface area contributed by atoms with Crippen LogP contribution in [0.1, 0.15) is 38.2 Å². The van der Waals surface area contributed by atoms with Crippen LogP contribution < -0.4 is 0 Å². The van der Waals surface area contributed by atoms with Crippen molar-refractivity contribution < 1.29 is 4.79 Å². The van der Waals surface area contributed by atoms with Gasteiger partial charge in [-0.25, -0.2) is 3.11 Å². The molecule has 0 spiro atoms. The topological polar surface area (TPSA) is 41.4 Å². The number of amides is 1. The second kappa shape index (κ2) is 5.97. The molecule has 0 aliphatic carbocycles.